The average molecular weight is 1210 g/mol. The van der Waals surface area contributed by atoms with Crippen LogP contribution in [-0.4, -0.2) is 0 Å². The van der Waals surface area contributed by atoms with Crippen LogP contribution in [0.5, 0.6) is 0 Å². The van der Waals surface area contributed by atoms with Gasteiger partial charge in [-0.05, 0) is 0 Å². The van der Waals surface area contributed by atoms with Gasteiger partial charge < -0.3 is 213 Å². The maximum absolute atomic E-state index is 6.25. The Hall–Kier alpha value is -2.22. The molecule has 0 aromatic carbocycles. The van der Waals surface area contributed by atoms with Gasteiger partial charge in [-0.1, -0.05) is 0 Å². The molecule has 0 spiro atoms. The SMILES string of the molecule is [C-]#N.[C-]#N.[C-]#N.[C-]#N.[C-]#N.[C-]#N.[C-]#N.[C-]#N.[C-]#N.[C-]#N.[C-]#N.[C-]#N.[C-]#N.[C-]#N.[C-]#N.[C-]#N.[C-]#N.[C-]#N.[Fe+2].[Fe+2].[Fe+2].[Nd+3].[Nd+3].[Nd+3].[Nd+3]. The van der Waals surface area contributed by atoms with Crippen LogP contribution in [0.3, 0.4) is 0 Å². The van der Waals surface area contributed by atoms with Gasteiger partial charge in [0.05, 0.1) is 0 Å². The third-order valence-corrected chi connectivity index (χ3v) is 0. The summed E-state index contributed by atoms with van der Waals surface area (Å²) >= 11 is 0. The van der Waals surface area contributed by atoms with Crippen molar-refractivity contribution in [2.45, 2.75) is 0 Å². The molecule has 0 aromatic heterocycles. The zero-order chi connectivity index (χ0) is 36.0. The maximum atomic E-state index is 6.25. The topological polar surface area (TPSA) is 428 Å². The molecule has 0 fully saturated rings. The first kappa shape index (κ1) is 259. The fourth-order valence-electron chi connectivity index (χ4n) is 0. The van der Waals surface area contributed by atoms with Gasteiger partial charge >= 0.3 is 215 Å². The first-order valence-electron chi connectivity index (χ1n) is 4.02. The van der Waals surface area contributed by atoms with Crippen molar-refractivity contribution < 1.29 is 215 Å². The number of rotatable bonds is 0. The van der Waals surface area contributed by atoms with Crippen LogP contribution in [0.25, 0.3) is 0 Å². The van der Waals surface area contributed by atoms with Crippen LogP contribution in [-0.2, 0) is 51.2 Å². The molecule has 0 heterocycles. The number of hydrogen-bond acceptors (Lipinski definition) is 18. The third kappa shape index (κ3) is 11500. The Morgan fingerprint density at radius 1 is 0.116 bits per heavy atom. The van der Waals surface area contributed by atoms with E-state index in [2.05, 4.69) is 0 Å². The minimum Gasteiger partial charge on any atom is -0.512 e. The van der Waals surface area contributed by atoms with E-state index < -0.39 is 0 Å². The summed E-state index contributed by atoms with van der Waals surface area (Å²) in [6, 6.07) is 0. The monoisotopic (exact) mass is 1200 g/mol. The van der Waals surface area contributed by atoms with Crippen molar-refractivity contribution in [3.05, 3.63) is 118 Å². The van der Waals surface area contributed by atoms with Gasteiger partial charge in [-0.25, -0.2) is 0 Å². The second-order valence-corrected chi connectivity index (χ2v) is 0. The summed E-state index contributed by atoms with van der Waals surface area (Å²) in [5, 5.41) is 112. The Bertz CT molecular complexity index is 381. The second kappa shape index (κ2) is 12200. The third-order valence-electron chi connectivity index (χ3n) is 0. The molecule has 0 saturated heterocycles. The Labute approximate surface area is 419 Å². The molecule has 25 heteroatoms. The van der Waals surface area contributed by atoms with Crippen molar-refractivity contribution in [3.63, 3.8) is 0 Å². The average Bonchev–Trinajstić information content (AvgIpc) is 3.13. The van der Waals surface area contributed by atoms with Crippen LogP contribution >= 0.6 is 0 Å². The maximum Gasteiger partial charge on any atom is 3.00 e. The Kier molecular flexibility index (Phi) is 73200. The fourth-order valence-corrected chi connectivity index (χ4v) is 0. The van der Waals surface area contributed by atoms with Crippen LogP contribution in [0, 0.1) is 376 Å². The van der Waals surface area contributed by atoms with Crippen LogP contribution in [0.15, 0.2) is 0 Å². The molecule has 4 radical (unpaired) electrons. The molecule has 0 aliphatic heterocycles. The Morgan fingerprint density at radius 2 is 0.116 bits per heavy atom. The van der Waals surface area contributed by atoms with Crippen molar-refractivity contribution in [1.29, 1.82) is 94.7 Å². The van der Waals surface area contributed by atoms with Gasteiger partial charge in [0.1, 0.15) is 0 Å². The molecule has 0 rings (SSSR count). The molecular formula is C18Fe3N18Nd4. The van der Waals surface area contributed by atoms with Gasteiger partial charge in [0.2, 0.25) is 0 Å². The molecule has 0 atom stereocenters. The first-order valence-corrected chi connectivity index (χ1v) is 4.02. The Balaban J connectivity index is -0.00000000344. The molecule has 0 bridgehead atoms. The van der Waals surface area contributed by atoms with Crippen molar-refractivity contribution >= 4 is 0 Å². The summed E-state index contributed by atoms with van der Waals surface area (Å²) in [6.45, 7) is 85.5. The molecular weight excluding hydrogens is 1210 g/mol. The summed E-state index contributed by atoms with van der Waals surface area (Å²) in [7, 11) is 0. The van der Waals surface area contributed by atoms with E-state index >= 15 is 0 Å². The number of hydrogen-bond donors (Lipinski definition) is 0. The van der Waals surface area contributed by atoms with Gasteiger partial charge in [0, 0.05) is 0 Å². The molecule has 0 aliphatic rings. The van der Waals surface area contributed by atoms with Gasteiger partial charge in [0.15, 0.2) is 0 Å². The van der Waals surface area contributed by atoms with Crippen molar-refractivity contribution in [1.82, 2.24) is 0 Å². The zero-order valence-electron chi connectivity index (χ0n) is 20.1. The molecule has 0 aliphatic carbocycles. The van der Waals surface area contributed by atoms with Crippen LogP contribution < -0.4 is 0 Å². The van der Waals surface area contributed by atoms with Crippen LogP contribution in [0.2, 0.25) is 0 Å². The molecule has 0 N–H and O–H groups in total. The van der Waals surface area contributed by atoms with Crippen molar-refractivity contribution in [3.8, 4) is 0 Å². The summed E-state index contributed by atoms with van der Waals surface area (Å²) in [4.78, 5) is 0. The van der Waals surface area contributed by atoms with E-state index in [0.29, 0.717) is 0 Å². The largest absolute Gasteiger partial charge is 3.00 e. The zero-order valence-corrected chi connectivity index (χ0v) is 36.3. The van der Waals surface area contributed by atoms with E-state index in [0.717, 1.165) is 0 Å². The van der Waals surface area contributed by atoms with E-state index in [1.54, 1.807) is 0 Å². The second-order valence-electron chi connectivity index (χ2n) is 0. The molecule has 0 unspecified atom stereocenters. The minimum absolute atomic E-state index is 0. The van der Waals surface area contributed by atoms with E-state index in [1.807, 2.05) is 0 Å². The van der Waals surface area contributed by atoms with Gasteiger partial charge in [0.25, 0.3) is 0 Å². The van der Waals surface area contributed by atoms with Gasteiger partial charge in [-0.3, -0.25) is 0 Å². The van der Waals surface area contributed by atoms with Gasteiger partial charge in [-0.2, -0.15) is 0 Å². The van der Waals surface area contributed by atoms with Crippen molar-refractivity contribution in [2.24, 2.45) is 0 Å². The first-order chi connectivity index (χ1) is 18.0. The molecule has 18 nitrogen and oxygen atoms in total. The summed E-state index contributed by atoms with van der Waals surface area (Å²) in [6.07, 6.45) is 0. The van der Waals surface area contributed by atoms with E-state index in [-0.39, 0.29) is 215 Å². The smallest absolute Gasteiger partial charge is 0.512 e. The summed E-state index contributed by atoms with van der Waals surface area (Å²) in [5.41, 5.74) is 0. The normalized spacial score (nSPS) is 0.837. The predicted octanol–water partition coefficient (Wildman–Crippen LogP) is 1.73. The molecule has 0 amide bonds. The minimum atomic E-state index is 0. The fraction of sp³-hybridized carbons (Fsp3) is 0. The van der Waals surface area contributed by atoms with E-state index in [9.17, 15) is 0 Å². The van der Waals surface area contributed by atoms with E-state index in [4.69, 9.17) is 213 Å². The van der Waals surface area contributed by atoms with E-state index in [1.165, 1.54) is 0 Å². The van der Waals surface area contributed by atoms with Crippen molar-refractivity contribution in [2.75, 3.05) is 0 Å². The summed E-state index contributed by atoms with van der Waals surface area (Å²) < 4.78 is 0. The molecule has 202 valence electrons. The standard InChI is InChI=1S/18CN.3Fe.4Nd/c18*1-2;;;;;;;/q18*-1;3*+2;4*+3. The van der Waals surface area contributed by atoms with Gasteiger partial charge in [-0.15, -0.1) is 0 Å². The molecule has 43 heavy (non-hydrogen) atoms. The molecule has 0 saturated carbocycles. The number of nitrogens with zero attached hydrogens (tertiary/aromatic N) is 18. The molecule has 0 aromatic rings. The van der Waals surface area contributed by atoms with Crippen LogP contribution in [0.1, 0.15) is 0 Å². The Morgan fingerprint density at radius 3 is 0.116 bits per heavy atom. The summed E-state index contributed by atoms with van der Waals surface area (Å²) in [5.74, 6) is 0. The predicted molar refractivity (Wildman–Crippen MR) is 89.4 cm³/mol. The quantitative estimate of drug-likeness (QED) is 0.246. The van der Waals surface area contributed by atoms with Crippen LogP contribution in [0.4, 0.5) is 0 Å².